The number of aromatic nitrogens is 3. The summed E-state index contributed by atoms with van der Waals surface area (Å²) < 4.78 is 7.91. The van der Waals surface area contributed by atoms with Crippen molar-refractivity contribution in [3.63, 3.8) is 0 Å². The molecule has 0 atom stereocenters. The van der Waals surface area contributed by atoms with Gasteiger partial charge in [0, 0.05) is 16.6 Å². The molecular weight excluding hydrogens is 472 g/mol. The number of pyridine rings is 2. The van der Waals surface area contributed by atoms with Gasteiger partial charge >= 0.3 is 0 Å². The van der Waals surface area contributed by atoms with Gasteiger partial charge in [-0.25, -0.2) is 9.97 Å². The van der Waals surface area contributed by atoms with Crippen molar-refractivity contribution in [3.05, 3.63) is 93.4 Å². The summed E-state index contributed by atoms with van der Waals surface area (Å²) in [5.41, 5.74) is 1.70. The van der Waals surface area contributed by atoms with Gasteiger partial charge in [-0.05, 0) is 61.0 Å². The smallest absolute Gasteiger partial charge is 0.265 e. The van der Waals surface area contributed by atoms with Gasteiger partial charge in [0.25, 0.3) is 11.5 Å². The van der Waals surface area contributed by atoms with E-state index >= 15 is 0 Å². The number of carbonyl (C=O) groups is 1. The normalized spacial score (nSPS) is 11.1. The van der Waals surface area contributed by atoms with Crippen LogP contribution in [0.2, 0.25) is 5.02 Å². The Kier molecular flexibility index (Phi) is 6.00. The van der Waals surface area contributed by atoms with Crippen molar-refractivity contribution in [2.75, 3.05) is 11.9 Å². The van der Waals surface area contributed by atoms with E-state index in [1.807, 2.05) is 43.3 Å². The average molecular weight is 491 g/mol. The first-order valence-corrected chi connectivity index (χ1v) is 11.8. The highest BCUT2D eigenvalue weighted by atomic mass is 35.5. The molecule has 1 N–H and O–H groups in total. The van der Waals surface area contributed by atoms with E-state index in [4.69, 9.17) is 16.3 Å². The first kappa shape index (κ1) is 22.1. The minimum Gasteiger partial charge on any atom is -0.494 e. The second-order valence-corrected chi connectivity index (χ2v) is 8.99. The summed E-state index contributed by atoms with van der Waals surface area (Å²) in [4.78, 5) is 35.4. The maximum atomic E-state index is 13.4. The lowest BCUT2D eigenvalue weighted by molar-refractivity contribution is 0.102. The highest BCUT2D eigenvalue weighted by Gasteiger charge is 2.18. The Balaban J connectivity index is 1.51. The molecule has 0 aliphatic rings. The number of amides is 1. The number of nitrogens with one attached hydrogen (secondary N) is 1. The molecule has 7 nitrogen and oxygen atoms in total. The lowest BCUT2D eigenvalue weighted by Gasteiger charge is -2.12. The van der Waals surface area contributed by atoms with E-state index in [2.05, 4.69) is 15.3 Å². The van der Waals surface area contributed by atoms with Crippen molar-refractivity contribution in [3.8, 4) is 5.75 Å². The van der Waals surface area contributed by atoms with E-state index in [1.54, 1.807) is 30.5 Å². The number of carbonyl (C=O) groups excluding carboxylic acids is 1. The monoisotopic (exact) mass is 490 g/mol. The summed E-state index contributed by atoms with van der Waals surface area (Å²) in [6.07, 6.45) is 1.62. The predicted octanol–water partition coefficient (Wildman–Crippen LogP) is 5.36. The highest BCUT2D eigenvalue weighted by Crippen LogP contribution is 2.29. The zero-order valence-corrected chi connectivity index (χ0v) is 19.7. The van der Waals surface area contributed by atoms with Gasteiger partial charge in [0.2, 0.25) is 0 Å². The molecule has 0 aliphatic heterocycles. The topological polar surface area (TPSA) is 86.1 Å². The number of hydrogen-bond donors (Lipinski definition) is 1. The maximum Gasteiger partial charge on any atom is 0.265 e. The van der Waals surface area contributed by atoms with Crippen LogP contribution in [0.4, 0.5) is 5.13 Å². The number of rotatable bonds is 6. The van der Waals surface area contributed by atoms with Gasteiger partial charge in [-0.3, -0.25) is 19.5 Å². The number of hydrogen-bond acceptors (Lipinski definition) is 6. The molecule has 0 saturated heterocycles. The number of anilines is 1. The largest absolute Gasteiger partial charge is 0.494 e. The molecule has 3 heterocycles. The Morgan fingerprint density at radius 1 is 1.15 bits per heavy atom. The van der Waals surface area contributed by atoms with E-state index < -0.39 is 11.5 Å². The molecule has 5 aromatic rings. The second kappa shape index (κ2) is 9.24. The van der Waals surface area contributed by atoms with Gasteiger partial charge in [0.15, 0.2) is 5.13 Å². The molecule has 3 aromatic heterocycles. The second-order valence-electron chi connectivity index (χ2n) is 7.53. The maximum absolute atomic E-state index is 13.4. The van der Waals surface area contributed by atoms with Crippen molar-refractivity contribution in [2.45, 2.75) is 13.5 Å². The molecule has 0 saturated carbocycles. The third kappa shape index (κ3) is 4.37. The number of ether oxygens (including phenoxy) is 1. The number of fused-ring (bicyclic) bond motifs is 2. The van der Waals surface area contributed by atoms with Crippen LogP contribution in [0.25, 0.3) is 21.3 Å². The quantitative estimate of drug-likeness (QED) is 0.346. The van der Waals surface area contributed by atoms with E-state index in [0.717, 1.165) is 21.5 Å². The molecule has 2 aromatic carbocycles. The first-order chi connectivity index (χ1) is 16.5. The predicted molar refractivity (Wildman–Crippen MR) is 135 cm³/mol. The van der Waals surface area contributed by atoms with E-state index in [0.29, 0.717) is 27.8 Å². The standard InChI is InChI=1S/C25H19ClN4O3S/c1-2-33-18-9-10-20-21(13-18)34-25(28-20)29-23(31)19-12-16-4-3-11-27-22(16)30(24(19)32)14-15-5-7-17(26)8-6-15/h3-13H,2,14H2,1H3,(H,28,29,31). The van der Waals surface area contributed by atoms with Gasteiger partial charge in [-0.2, -0.15) is 0 Å². The van der Waals surface area contributed by atoms with Gasteiger partial charge in [0.05, 0.1) is 23.4 Å². The van der Waals surface area contributed by atoms with Gasteiger partial charge < -0.3 is 4.74 Å². The molecular formula is C25H19ClN4O3S. The molecule has 170 valence electrons. The minimum atomic E-state index is -0.523. The zero-order chi connectivity index (χ0) is 23.7. The fraction of sp³-hybridized carbons (Fsp3) is 0.120. The number of halogens is 1. The van der Waals surface area contributed by atoms with Crippen molar-refractivity contribution in [1.82, 2.24) is 14.5 Å². The molecule has 0 bridgehead atoms. The Labute approximate surface area is 203 Å². The molecule has 0 radical (unpaired) electrons. The van der Waals surface area contributed by atoms with Crippen LogP contribution in [-0.4, -0.2) is 27.0 Å². The van der Waals surface area contributed by atoms with Gasteiger partial charge in [0.1, 0.15) is 17.0 Å². The molecule has 1 amide bonds. The van der Waals surface area contributed by atoms with Crippen LogP contribution in [-0.2, 0) is 6.54 Å². The number of nitrogens with zero attached hydrogens (tertiary/aromatic N) is 3. The summed E-state index contributed by atoms with van der Waals surface area (Å²) >= 11 is 7.31. The Morgan fingerprint density at radius 2 is 1.97 bits per heavy atom. The molecule has 5 rings (SSSR count). The van der Waals surface area contributed by atoms with Gasteiger partial charge in [-0.1, -0.05) is 35.1 Å². The van der Waals surface area contributed by atoms with Gasteiger partial charge in [-0.15, -0.1) is 0 Å². The fourth-order valence-electron chi connectivity index (χ4n) is 3.67. The minimum absolute atomic E-state index is 0.0173. The highest BCUT2D eigenvalue weighted by molar-refractivity contribution is 7.22. The molecule has 0 spiro atoms. The summed E-state index contributed by atoms with van der Waals surface area (Å²) in [5, 5.41) is 4.48. The molecule has 0 unspecified atom stereocenters. The fourth-order valence-corrected chi connectivity index (χ4v) is 4.68. The summed E-state index contributed by atoms with van der Waals surface area (Å²) in [6.45, 7) is 2.74. The van der Waals surface area contributed by atoms with Crippen molar-refractivity contribution in [2.24, 2.45) is 0 Å². The van der Waals surface area contributed by atoms with Crippen molar-refractivity contribution < 1.29 is 9.53 Å². The van der Waals surface area contributed by atoms with E-state index in [9.17, 15) is 9.59 Å². The molecule has 0 aliphatic carbocycles. The van der Waals surface area contributed by atoms with Crippen LogP contribution in [0.3, 0.4) is 0 Å². The van der Waals surface area contributed by atoms with Crippen LogP contribution < -0.4 is 15.6 Å². The van der Waals surface area contributed by atoms with Crippen LogP contribution in [0.15, 0.2) is 71.7 Å². The number of benzene rings is 2. The third-order valence-electron chi connectivity index (χ3n) is 5.24. The van der Waals surface area contributed by atoms with Crippen molar-refractivity contribution >= 4 is 55.2 Å². The summed E-state index contributed by atoms with van der Waals surface area (Å²) in [5.74, 6) is 0.216. The first-order valence-electron chi connectivity index (χ1n) is 10.6. The summed E-state index contributed by atoms with van der Waals surface area (Å²) in [7, 11) is 0. The van der Waals surface area contributed by atoms with E-state index in [-0.39, 0.29) is 12.1 Å². The summed E-state index contributed by atoms with van der Waals surface area (Å²) in [6, 6.07) is 17.9. The van der Waals surface area contributed by atoms with Crippen molar-refractivity contribution in [1.29, 1.82) is 0 Å². The van der Waals surface area contributed by atoms with Crippen LogP contribution in [0.1, 0.15) is 22.8 Å². The lowest BCUT2D eigenvalue weighted by atomic mass is 10.1. The molecule has 34 heavy (non-hydrogen) atoms. The Morgan fingerprint density at radius 3 is 2.76 bits per heavy atom. The van der Waals surface area contributed by atoms with Crippen LogP contribution in [0, 0.1) is 0 Å². The number of thiazole rings is 1. The van der Waals surface area contributed by atoms with Crippen LogP contribution in [0.5, 0.6) is 5.75 Å². The molecule has 0 fully saturated rings. The average Bonchev–Trinajstić information content (AvgIpc) is 3.23. The Hall–Kier alpha value is -3.75. The third-order valence-corrected chi connectivity index (χ3v) is 6.42. The lowest BCUT2D eigenvalue weighted by Crippen LogP contribution is -2.30. The van der Waals surface area contributed by atoms with Crippen LogP contribution >= 0.6 is 22.9 Å². The SMILES string of the molecule is CCOc1ccc2nc(NC(=O)c3cc4cccnc4n(Cc4ccc(Cl)cc4)c3=O)sc2c1. The zero-order valence-electron chi connectivity index (χ0n) is 18.1. The Bertz CT molecular complexity index is 1580. The van der Waals surface area contributed by atoms with E-state index in [1.165, 1.54) is 15.9 Å². The molecule has 9 heteroatoms.